The molecule has 0 atom stereocenters. The van der Waals surface area contributed by atoms with Crippen molar-refractivity contribution in [1.82, 2.24) is 4.98 Å². The van der Waals surface area contributed by atoms with E-state index in [0.29, 0.717) is 11.3 Å². The van der Waals surface area contributed by atoms with Gasteiger partial charge in [-0.15, -0.1) is 0 Å². The molecule has 0 aliphatic carbocycles. The number of rotatable bonds is 5. The molecule has 1 aromatic heterocycles. The topological polar surface area (TPSA) is 77.4 Å². The highest BCUT2D eigenvalue weighted by Crippen LogP contribution is 2.27. The number of methoxy groups -OCH3 is 2. The molecular weight excluding hydrogens is 308 g/mol. The second kappa shape index (κ2) is 6.45. The van der Waals surface area contributed by atoms with Crippen molar-refractivity contribution in [2.45, 2.75) is 0 Å². The maximum Gasteiger partial charge on any atom is 0.270 e. The highest BCUT2D eigenvalue weighted by Gasteiger charge is 2.09. The van der Waals surface area contributed by atoms with E-state index in [1.165, 1.54) is 19.2 Å². The summed E-state index contributed by atoms with van der Waals surface area (Å²) >= 11 is 0. The Morgan fingerprint density at radius 2 is 1.88 bits per heavy atom. The Morgan fingerprint density at radius 1 is 1.04 bits per heavy atom. The predicted octanol–water partition coefficient (Wildman–Crippen LogP) is 4.26. The molecule has 0 aliphatic rings. The first-order chi connectivity index (χ1) is 11.6. The molecule has 24 heavy (non-hydrogen) atoms. The number of H-pyrrole nitrogens is 1. The zero-order valence-electron chi connectivity index (χ0n) is 13.3. The molecule has 6 nitrogen and oxygen atoms in total. The molecule has 0 saturated carbocycles. The smallest absolute Gasteiger partial charge is 0.270 e. The maximum absolute atomic E-state index is 10.9. The number of nitrogens with one attached hydrogen (secondary N) is 1. The van der Waals surface area contributed by atoms with Crippen LogP contribution in [0.2, 0.25) is 0 Å². The van der Waals surface area contributed by atoms with E-state index in [4.69, 9.17) is 9.47 Å². The van der Waals surface area contributed by atoms with E-state index in [9.17, 15) is 10.1 Å². The lowest BCUT2D eigenvalue weighted by atomic mass is 10.1. The lowest BCUT2D eigenvalue weighted by Crippen LogP contribution is -1.91. The van der Waals surface area contributed by atoms with Crippen LogP contribution in [0.1, 0.15) is 11.3 Å². The molecule has 1 N–H and O–H groups in total. The molecule has 6 heteroatoms. The highest BCUT2D eigenvalue weighted by molar-refractivity contribution is 5.86. The number of nitro groups is 1. The van der Waals surface area contributed by atoms with Crippen LogP contribution in [0.15, 0.2) is 42.5 Å². The van der Waals surface area contributed by atoms with Crippen LogP contribution in [-0.4, -0.2) is 24.1 Å². The first-order valence-electron chi connectivity index (χ1n) is 7.28. The first kappa shape index (κ1) is 15.6. The number of hydrogen-bond acceptors (Lipinski definition) is 4. The van der Waals surface area contributed by atoms with Gasteiger partial charge in [-0.3, -0.25) is 10.1 Å². The van der Waals surface area contributed by atoms with Crippen molar-refractivity contribution in [1.29, 1.82) is 0 Å². The number of non-ortho nitro benzene ring substituents is 1. The Kier molecular flexibility index (Phi) is 4.20. The zero-order valence-corrected chi connectivity index (χ0v) is 13.3. The Hall–Kier alpha value is -3.28. The fourth-order valence-electron chi connectivity index (χ4n) is 2.50. The van der Waals surface area contributed by atoms with Crippen LogP contribution in [-0.2, 0) is 0 Å². The van der Waals surface area contributed by atoms with Gasteiger partial charge in [0.15, 0.2) is 0 Å². The van der Waals surface area contributed by atoms with Crippen molar-refractivity contribution in [2.75, 3.05) is 14.2 Å². The standard InChI is InChI=1S/C18H16N2O4/c1-23-16-6-7-17-13(11-16)9-14(19-17)4-3-12-10-15(20(21)22)5-8-18(12)24-2/h3-11,19H,1-2H3/b4-3+. The molecule has 3 rings (SSSR count). The fraction of sp³-hybridized carbons (Fsp3) is 0.111. The number of benzene rings is 2. The normalized spacial score (nSPS) is 11.1. The number of aromatic nitrogens is 1. The molecule has 0 bridgehead atoms. The van der Waals surface area contributed by atoms with Crippen LogP contribution in [0.4, 0.5) is 5.69 Å². The van der Waals surface area contributed by atoms with Crippen LogP contribution < -0.4 is 9.47 Å². The second-order valence-corrected chi connectivity index (χ2v) is 5.19. The number of nitro benzene ring substituents is 1. The average molecular weight is 324 g/mol. The van der Waals surface area contributed by atoms with Gasteiger partial charge in [-0.25, -0.2) is 0 Å². The third-order valence-electron chi connectivity index (χ3n) is 3.72. The molecule has 3 aromatic rings. The van der Waals surface area contributed by atoms with E-state index in [-0.39, 0.29) is 5.69 Å². The largest absolute Gasteiger partial charge is 0.497 e. The highest BCUT2D eigenvalue weighted by atomic mass is 16.6. The third-order valence-corrected chi connectivity index (χ3v) is 3.72. The van der Waals surface area contributed by atoms with E-state index in [0.717, 1.165) is 22.3 Å². The summed E-state index contributed by atoms with van der Waals surface area (Å²) in [5.74, 6) is 1.37. The molecule has 0 unspecified atom stereocenters. The van der Waals surface area contributed by atoms with E-state index in [1.54, 1.807) is 19.3 Å². The SMILES string of the molecule is COc1ccc2[nH]c(/C=C/c3cc([N+](=O)[O-])ccc3OC)cc2c1. The van der Waals surface area contributed by atoms with Gasteiger partial charge in [0.1, 0.15) is 11.5 Å². The van der Waals surface area contributed by atoms with Gasteiger partial charge in [-0.1, -0.05) is 0 Å². The summed E-state index contributed by atoms with van der Waals surface area (Å²) in [7, 11) is 3.16. The van der Waals surface area contributed by atoms with Gasteiger partial charge < -0.3 is 14.5 Å². The number of hydrogen-bond donors (Lipinski definition) is 1. The van der Waals surface area contributed by atoms with Crippen LogP contribution in [0.3, 0.4) is 0 Å². The number of aromatic amines is 1. The molecule has 122 valence electrons. The van der Waals surface area contributed by atoms with E-state index in [1.807, 2.05) is 30.3 Å². The summed E-state index contributed by atoms with van der Waals surface area (Å²) in [6.45, 7) is 0. The summed E-state index contributed by atoms with van der Waals surface area (Å²) in [5.41, 5.74) is 2.54. The number of fused-ring (bicyclic) bond motifs is 1. The monoisotopic (exact) mass is 324 g/mol. The molecule has 0 fully saturated rings. The van der Waals surface area contributed by atoms with E-state index >= 15 is 0 Å². The van der Waals surface area contributed by atoms with Crippen molar-refractivity contribution >= 4 is 28.7 Å². The number of ether oxygens (including phenoxy) is 2. The summed E-state index contributed by atoms with van der Waals surface area (Å²) in [6, 6.07) is 12.3. The molecule has 0 saturated heterocycles. The van der Waals surface area contributed by atoms with Crippen molar-refractivity contribution in [3.8, 4) is 11.5 Å². The lowest BCUT2D eigenvalue weighted by molar-refractivity contribution is -0.384. The van der Waals surface area contributed by atoms with Gasteiger partial charge in [0, 0.05) is 34.3 Å². The van der Waals surface area contributed by atoms with Gasteiger partial charge >= 0.3 is 0 Å². The lowest BCUT2D eigenvalue weighted by Gasteiger charge is -2.03. The van der Waals surface area contributed by atoms with Gasteiger partial charge in [0.25, 0.3) is 5.69 Å². The molecular formula is C18H16N2O4. The minimum atomic E-state index is -0.425. The Morgan fingerprint density at radius 3 is 2.58 bits per heavy atom. The van der Waals surface area contributed by atoms with Gasteiger partial charge in [-0.2, -0.15) is 0 Å². The van der Waals surface area contributed by atoms with Crippen LogP contribution in [0.25, 0.3) is 23.1 Å². The second-order valence-electron chi connectivity index (χ2n) is 5.19. The molecule has 1 heterocycles. The fourth-order valence-corrected chi connectivity index (χ4v) is 2.50. The van der Waals surface area contributed by atoms with Crippen molar-refractivity contribution in [3.05, 3.63) is 63.8 Å². The molecule has 0 spiro atoms. The Balaban J connectivity index is 1.95. The van der Waals surface area contributed by atoms with Crippen LogP contribution >= 0.6 is 0 Å². The molecule has 0 aliphatic heterocycles. The van der Waals surface area contributed by atoms with Gasteiger partial charge in [0.05, 0.1) is 19.1 Å². The van der Waals surface area contributed by atoms with Crippen molar-refractivity contribution < 1.29 is 14.4 Å². The van der Waals surface area contributed by atoms with Crippen LogP contribution in [0, 0.1) is 10.1 Å². The van der Waals surface area contributed by atoms with Crippen molar-refractivity contribution in [3.63, 3.8) is 0 Å². The zero-order chi connectivity index (χ0) is 17.1. The summed E-state index contributed by atoms with van der Waals surface area (Å²) < 4.78 is 10.5. The average Bonchev–Trinajstić information content (AvgIpc) is 3.01. The quantitative estimate of drug-likeness (QED) is 0.562. The van der Waals surface area contributed by atoms with Crippen LogP contribution in [0.5, 0.6) is 11.5 Å². The Bertz CT molecular complexity index is 928. The molecule has 2 aromatic carbocycles. The van der Waals surface area contributed by atoms with Gasteiger partial charge in [-0.05, 0) is 42.5 Å². The summed E-state index contributed by atoms with van der Waals surface area (Å²) in [6.07, 6.45) is 3.64. The van der Waals surface area contributed by atoms with Gasteiger partial charge in [0.2, 0.25) is 0 Å². The van der Waals surface area contributed by atoms with Crippen molar-refractivity contribution in [2.24, 2.45) is 0 Å². The minimum Gasteiger partial charge on any atom is -0.497 e. The molecule has 0 amide bonds. The molecule has 0 radical (unpaired) electrons. The maximum atomic E-state index is 10.9. The first-order valence-corrected chi connectivity index (χ1v) is 7.28. The summed E-state index contributed by atoms with van der Waals surface area (Å²) in [5, 5.41) is 12.0. The third kappa shape index (κ3) is 3.08. The Labute approximate surface area is 138 Å². The van der Waals surface area contributed by atoms with E-state index in [2.05, 4.69) is 4.98 Å². The minimum absolute atomic E-state index is 0.0248. The van der Waals surface area contributed by atoms with E-state index < -0.39 is 4.92 Å². The predicted molar refractivity (Wildman–Crippen MR) is 93.4 cm³/mol. The summed E-state index contributed by atoms with van der Waals surface area (Å²) in [4.78, 5) is 13.8. The number of nitrogens with zero attached hydrogens (tertiary/aromatic N) is 1.